The van der Waals surface area contributed by atoms with Gasteiger partial charge in [-0.25, -0.2) is 4.79 Å². The highest BCUT2D eigenvalue weighted by molar-refractivity contribution is 5.75. The Bertz CT molecular complexity index is 856. The summed E-state index contributed by atoms with van der Waals surface area (Å²) in [6.07, 6.45) is 0.888. The molecular formula is C16H26N6O2. The molecule has 0 amide bonds. The van der Waals surface area contributed by atoms with Crippen LogP contribution in [-0.2, 0) is 13.6 Å². The highest BCUT2D eigenvalue weighted by atomic mass is 16.2. The van der Waals surface area contributed by atoms with E-state index in [4.69, 9.17) is 4.98 Å². The lowest BCUT2D eigenvalue weighted by Crippen LogP contribution is -2.44. The number of nitrogens with one attached hydrogen (secondary N) is 1. The zero-order valence-electron chi connectivity index (χ0n) is 14.9. The van der Waals surface area contributed by atoms with E-state index in [2.05, 4.69) is 24.1 Å². The summed E-state index contributed by atoms with van der Waals surface area (Å²) in [4.78, 5) is 32.2. The third-order valence-corrected chi connectivity index (χ3v) is 4.90. The number of piperazine rings is 1. The first-order chi connectivity index (χ1) is 11.5. The zero-order valence-corrected chi connectivity index (χ0v) is 14.9. The molecule has 1 fully saturated rings. The summed E-state index contributed by atoms with van der Waals surface area (Å²) in [6, 6.07) is 0.135. The van der Waals surface area contributed by atoms with Crippen molar-refractivity contribution >= 4 is 17.1 Å². The van der Waals surface area contributed by atoms with Gasteiger partial charge in [-0.15, -0.1) is 0 Å². The van der Waals surface area contributed by atoms with Gasteiger partial charge in [-0.2, -0.15) is 4.98 Å². The van der Waals surface area contributed by atoms with Gasteiger partial charge in [-0.05, 0) is 20.3 Å². The van der Waals surface area contributed by atoms with E-state index in [1.54, 1.807) is 4.57 Å². The van der Waals surface area contributed by atoms with E-state index < -0.39 is 0 Å². The summed E-state index contributed by atoms with van der Waals surface area (Å²) < 4.78 is 4.80. The molecule has 0 bridgehead atoms. The van der Waals surface area contributed by atoms with Gasteiger partial charge in [0.2, 0.25) is 5.95 Å². The van der Waals surface area contributed by atoms with E-state index in [1.165, 1.54) is 11.6 Å². The van der Waals surface area contributed by atoms with Crippen molar-refractivity contribution in [2.75, 3.05) is 31.1 Å². The van der Waals surface area contributed by atoms with Gasteiger partial charge >= 0.3 is 5.69 Å². The Balaban J connectivity index is 2.38. The van der Waals surface area contributed by atoms with E-state index in [9.17, 15) is 9.59 Å². The monoisotopic (exact) mass is 334 g/mol. The molecule has 1 aliphatic rings. The number of rotatable bonds is 4. The van der Waals surface area contributed by atoms with Crippen molar-refractivity contribution < 1.29 is 0 Å². The Labute approximate surface area is 140 Å². The molecule has 0 radical (unpaired) electrons. The van der Waals surface area contributed by atoms with Crippen molar-refractivity contribution in [2.24, 2.45) is 7.05 Å². The second-order valence-electron chi connectivity index (χ2n) is 6.34. The van der Waals surface area contributed by atoms with Crippen LogP contribution in [0.2, 0.25) is 0 Å². The van der Waals surface area contributed by atoms with E-state index in [-0.39, 0.29) is 17.3 Å². The molecule has 0 saturated carbocycles. The number of aromatic nitrogens is 4. The number of aryl methyl sites for hydroxylation is 1. The van der Waals surface area contributed by atoms with Crippen LogP contribution in [-0.4, -0.2) is 44.9 Å². The van der Waals surface area contributed by atoms with Crippen molar-refractivity contribution in [3.05, 3.63) is 20.8 Å². The van der Waals surface area contributed by atoms with Crippen LogP contribution in [0.15, 0.2) is 9.59 Å². The predicted molar refractivity (Wildman–Crippen MR) is 95.0 cm³/mol. The summed E-state index contributed by atoms with van der Waals surface area (Å²) in [7, 11) is 1.54. The largest absolute Gasteiger partial charge is 0.340 e. The fourth-order valence-electron chi connectivity index (χ4n) is 3.29. The maximum absolute atomic E-state index is 12.8. The smallest absolute Gasteiger partial charge is 0.332 e. The third kappa shape index (κ3) is 2.45. The summed E-state index contributed by atoms with van der Waals surface area (Å²) in [5.41, 5.74) is 0.450. The molecule has 0 spiro atoms. The van der Waals surface area contributed by atoms with Gasteiger partial charge in [-0.1, -0.05) is 6.92 Å². The van der Waals surface area contributed by atoms with E-state index in [1.807, 2.05) is 11.5 Å². The van der Waals surface area contributed by atoms with Crippen LogP contribution < -0.4 is 21.5 Å². The quantitative estimate of drug-likeness (QED) is 0.870. The lowest BCUT2D eigenvalue weighted by atomic mass is 10.2. The van der Waals surface area contributed by atoms with Crippen molar-refractivity contribution in [2.45, 2.75) is 39.8 Å². The molecule has 8 nitrogen and oxygen atoms in total. The van der Waals surface area contributed by atoms with Crippen molar-refractivity contribution in [3.8, 4) is 0 Å². The Morgan fingerprint density at radius 2 is 1.88 bits per heavy atom. The van der Waals surface area contributed by atoms with Gasteiger partial charge < -0.3 is 14.8 Å². The summed E-state index contributed by atoms with van der Waals surface area (Å²) in [5, 5.41) is 3.33. The second-order valence-corrected chi connectivity index (χ2v) is 6.34. The average molecular weight is 334 g/mol. The SMILES string of the molecule is CCC(C)n1c(N2CCNCC2)nc2c1c(=O)n(C)c(=O)n2CC. The number of anilines is 1. The Morgan fingerprint density at radius 1 is 1.21 bits per heavy atom. The normalized spacial score (nSPS) is 16.8. The van der Waals surface area contributed by atoms with Crippen molar-refractivity contribution in [1.29, 1.82) is 0 Å². The molecule has 1 aliphatic heterocycles. The molecule has 0 aliphatic carbocycles. The van der Waals surface area contributed by atoms with E-state index >= 15 is 0 Å². The number of hydrogen-bond acceptors (Lipinski definition) is 5. The zero-order chi connectivity index (χ0) is 17.4. The Kier molecular flexibility index (Phi) is 4.49. The average Bonchev–Trinajstić information content (AvgIpc) is 3.00. The number of fused-ring (bicyclic) bond motifs is 1. The fourth-order valence-corrected chi connectivity index (χ4v) is 3.29. The molecule has 2 aromatic rings. The minimum Gasteiger partial charge on any atom is -0.340 e. The van der Waals surface area contributed by atoms with Crippen LogP contribution >= 0.6 is 0 Å². The topological polar surface area (TPSA) is 77.1 Å². The third-order valence-electron chi connectivity index (χ3n) is 4.90. The van der Waals surface area contributed by atoms with Gasteiger partial charge in [0.15, 0.2) is 11.2 Å². The molecular weight excluding hydrogens is 308 g/mol. The Morgan fingerprint density at radius 3 is 2.46 bits per heavy atom. The van der Waals surface area contributed by atoms with Gasteiger partial charge in [0, 0.05) is 45.8 Å². The molecule has 3 rings (SSSR count). The maximum Gasteiger partial charge on any atom is 0.332 e. The van der Waals surface area contributed by atoms with Crippen molar-refractivity contribution in [3.63, 3.8) is 0 Å². The first-order valence-electron chi connectivity index (χ1n) is 8.68. The number of imidazole rings is 1. The molecule has 1 unspecified atom stereocenters. The second kappa shape index (κ2) is 6.43. The van der Waals surface area contributed by atoms with Gasteiger partial charge in [-0.3, -0.25) is 13.9 Å². The highest BCUT2D eigenvalue weighted by Gasteiger charge is 2.26. The first-order valence-corrected chi connectivity index (χ1v) is 8.68. The maximum atomic E-state index is 12.8. The molecule has 0 aromatic carbocycles. The Hall–Kier alpha value is -2.09. The van der Waals surface area contributed by atoms with Gasteiger partial charge in [0.1, 0.15) is 0 Å². The molecule has 24 heavy (non-hydrogen) atoms. The fraction of sp³-hybridized carbons (Fsp3) is 0.688. The molecule has 8 heteroatoms. The molecule has 1 saturated heterocycles. The van der Waals surface area contributed by atoms with E-state index in [0.29, 0.717) is 17.7 Å². The minimum atomic E-state index is -0.310. The molecule has 3 heterocycles. The highest BCUT2D eigenvalue weighted by Crippen LogP contribution is 2.26. The summed E-state index contributed by atoms with van der Waals surface area (Å²) >= 11 is 0. The van der Waals surface area contributed by atoms with E-state index in [0.717, 1.165) is 38.5 Å². The number of nitrogens with zero attached hydrogens (tertiary/aromatic N) is 5. The predicted octanol–water partition coefficient (Wildman–Crippen LogP) is 0.297. The van der Waals surface area contributed by atoms with Crippen LogP contribution in [0.25, 0.3) is 11.2 Å². The summed E-state index contributed by atoms with van der Waals surface area (Å²) in [6.45, 7) is 10.0. The lowest BCUT2D eigenvalue weighted by Gasteiger charge is -2.30. The van der Waals surface area contributed by atoms with Crippen LogP contribution in [0.3, 0.4) is 0 Å². The number of hydrogen-bond donors (Lipinski definition) is 1. The molecule has 132 valence electrons. The first kappa shape index (κ1) is 16.8. The van der Waals surface area contributed by atoms with Crippen LogP contribution in [0, 0.1) is 0 Å². The van der Waals surface area contributed by atoms with Gasteiger partial charge in [0.25, 0.3) is 5.56 Å². The molecule has 1 atom stereocenters. The minimum absolute atomic E-state index is 0.135. The van der Waals surface area contributed by atoms with Crippen LogP contribution in [0.5, 0.6) is 0 Å². The summed E-state index contributed by atoms with van der Waals surface area (Å²) in [5.74, 6) is 0.797. The van der Waals surface area contributed by atoms with Crippen LogP contribution in [0.4, 0.5) is 5.95 Å². The van der Waals surface area contributed by atoms with Crippen LogP contribution in [0.1, 0.15) is 33.2 Å². The molecule has 1 N–H and O–H groups in total. The van der Waals surface area contributed by atoms with Gasteiger partial charge in [0.05, 0.1) is 0 Å². The molecule has 2 aromatic heterocycles. The standard InChI is InChI=1S/C16H26N6O2/c1-5-11(3)22-12-13(18-15(22)20-9-7-17-8-10-20)21(6-2)16(24)19(4)14(12)23/h11,17H,5-10H2,1-4H3. The lowest BCUT2D eigenvalue weighted by molar-refractivity contribution is 0.515. The van der Waals surface area contributed by atoms with Crippen molar-refractivity contribution in [1.82, 2.24) is 24.0 Å².